The van der Waals surface area contributed by atoms with Gasteiger partial charge in [-0.2, -0.15) is 13.2 Å². The Morgan fingerprint density at radius 2 is 2.23 bits per heavy atom. The fourth-order valence-corrected chi connectivity index (χ4v) is 1.43. The van der Waals surface area contributed by atoms with E-state index >= 15 is 0 Å². The van der Waals surface area contributed by atoms with Crippen LogP contribution >= 0.6 is 22.6 Å². The van der Waals surface area contributed by atoms with Gasteiger partial charge in [-0.05, 0) is 22.6 Å². The lowest BCUT2D eigenvalue weighted by molar-refractivity contribution is -0.142. The molecule has 0 spiro atoms. The van der Waals surface area contributed by atoms with E-state index in [2.05, 4.69) is 5.10 Å². The normalized spacial score (nSPS) is 11.8. The van der Waals surface area contributed by atoms with Crippen molar-refractivity contribution in [1.29, 1.82) is 0 Å². The molecule has 7 heteroatoms. The molecule has 1 rings (SSSR count). The van der Waals surface area contributed by atoms with E-state index in [9.17, 15) is 13.2 Å². The summed E-state index contributed by atoms with van der Waals surface area (Å²) in [5, 5.41) is 3.58. The summed E-state index contributed by atoms with van der Waals surface area (Å²) in [6, 6.07) is 0. The zero-order chi connectivity index (χ0) is 10.1. The number of ether oxygens (including phenoxy) is 1. The van der Waals surface area contributed by atoms with Crippen molar-refractivity contribution < 1.29 is 17.9 Å². The average molecular weight is 306 g/mol. The second-order valence-corrected chi connectivity index (χ2v) is 3.46. The van der Waals surface area contributed by atoms with E-state index in [4.69, 9.17) is 4.74 Å². The van der Waals surface area contributed by atoms with Gasteiger partial charge in [0.1, 0.15) is 6.54 Å². The Balaban J connectivity index is 2.80. The first-order valence-electron chi connectivity index (χ1n) is 3.26. The highest BCUT2D eigenvalue weighted by Gasteiger charge is 2.28. The third kappa shape index (κ3) is 3.05. The number of methoxy groups -OCH3 is 1. The van der Waals surface area contributed by atoms with Crippen molar-refractivity contribution in [2.75, 3.05) is 7.11 Å². The molecule has 0 aliphatic rings. The fourth-order valence-electron chi connectivity index (χ4n) is 0.782. The summed E-state index contributed by atoms with van der Waals surface area (Å²) in [7, 11) is 1.36. The van der Waals surface area contributed by atoms with Crippen LogP contribution in [0.15, 0.2) is 6.20 Å². The summed E-state index contributed by atoms with van der Waals surface area (Å²) in [6.07, 6.45) is -2.97. The molecule has 1 heterocycles. The third-order valence-corrected chi connectivity index (χ3v) is 1.96. The zero-order valence-corrected chi connectivity index (χ0v) is 8.76. The van der Waals surface area contributed by atoms with E-state index in [0.717, 1.165) is 4.68 Å². The molecular weight excluding hydrogens is 300 g/mol. The van der Waals surface area contributed by atoms with Crippen LogP contribution in [0.5, 0.6) is 5.88 Å². The molecular formula is C6H6F3IN2O. The number of hydrogen-bond acceptors (Lipinski definition) is 2. The molecule has 0 atom stereocenters. The summed E-state index contributed by atoms with van der Waals surface area (Å²) in [6.45, 7) is -1.09. The molecule has 0 aliphatic carbocycles. The smallest absolute Gasteiger partial charge is 0.408 e. The minimum absolute atomic E-state index is 0.213. The molecule has 1 aromatic heterocycles. The van der Waals surface area contributed by atoms with Crippen molar-refractivity contribution in [2.24, 2.45) is 0 Å². The summed E-state index contributed by atoms with van der Waals surface area (Å²) in [5.41, 5.74) is 0. The highest BCUT2D eigenvalue weighted by Crippen LogP contribution is 2.21. The standard InChI is InChI=1S/C6H6F3IN2O/c1-13-5-4(10)2-12(11-5)3-6(7,8)9/h2H,3H2,1H3. The van der Waals surface area contributed by atoms with E-state index in [1.165, 1.54) is 13.3 Å². The Labute approximate surface area is 86.0 Å². The van der Waals surface area contributed by atoms with Gasteiger partial charge in [0.25, 0.3) is 0 Å². The van der Waals surface area contributed by atoms with E-state index in [1.807, 2.05) is 22.6 Å². The van der Waals surface area contributed by atoms with Gasteiger partial charge in [0.05, 0.1) is 10.7 Å². The van der Waals surface area contributed by atoms with E-state index < -0.39 is 12.7 Å². The van der Waals surface area contributed by atoms with Gasteiger partial charge in [-0.15, -0.1) is 5.10 Å². The molecule has 0 saturated carbocycles. The van der Waals surface area contributed by atoms with Crippen molar-refractivity contribution in [3.63, 3.8) is 0 Å². The second-order valence-electron chi connectivity index (χ2n) is 2.30. The molecule has 13 heavy (non-hydrogen) atoms. The molecule has 0 aromatic carbocycles. The molecule has 3 nitrogen and oxygen atoms in total. The zero-order valence-electron chi connectivity index (χ0n) is 6.60. The first-order valence-corrected chi connectivity index (χ1v) is 4.34. The van der Waals surface area contributed by atoms with Crippen LogP contribution in [0, 0.1) is 3.57 Å². The van der Waals surface area contributed by atoms with E-state index in [-0.39, 0.29) is 5.88 Å². The minimum Gasteiger partial charge on any atom is -0.479 e. The number of halogens is 4. The summed E-state index contributed by atoms with van der Waals surface area (Å²) >= 11 is 1.86. The first-order chi connectivity index (χ1) is 5.92. The summed E-state index contributed by atoms with van der Waals surface area (Å²) < 4.78 is 41.7. The van der Waals surface area contributed by atoms with Crippen LogP contribution in [0.3, 0.4) is 0 Å². The topological polar surface area (TPSA) is 27.1 Å². The average Bonchev–Trinajstić information content (AvgIpc) is 2.26. The Bertz CT molecular complexity index is 297. The molecule has 0 bridgehead atoms. The Morgan fingerprint density at radius 1 is 1.62 bits per heavy atom. The van der Waals surface area contributed by atoms with Gasteiger partial charge in [-0.3, -0.25) is 4.68 Å². The largest absolute Gasteiger partial charge is 0.479 e. The molecule has 0 radical (unpaired) electrons. The van der Waals surface area contributed by atoms with Crippen LogP contribution < -0.4 is 4.74 Å². The number of hydrogen-bond donors (Lipinski definition) is 0. The summed E-state index contributed by atoms with van der Waals surface area (Å²) in [4.78, 5) is 0. The quantitative estimate of drug-likeness (QED) is 0.782. The van der Waals surface area contributed by atoms with Crippen molar-refractivity contribution in [3.8, 4) is 5.88 Å². The van der Waals surface area contributed by atoms with Crippen molar-refractivity contribution in [3.05, 3.63) is 9.77 Å². The molecule has 0 amide bonds. The Hall–Kier alpha value is -0.470. The lowest BCUT2D eigenvalue weighted by Crippen LogP contribution is -2.17. The van der Waals surface area contributed by atoms with Gasteiger partial charge in [0.15, 0.2) is 0 Å². The number of aromatic nitrogens is 2. The predicted octanol–water partition coefficient (Wildman–Crippen LogP) is 2.06. The van der Waals surface area contributed by atoms with Gasteiger partial charge < -0.3 is 4.74 Å². The maximum absolute atomic E-state index is 11.9. The lowest BCUT2D eigenvalue weighted by atomic mass is 10.6. The highest BCUT2D eigenvalue weighted by atomic mass is 127. The molecule has 0 N–H and O–H groups in total. The molecule has 0 unspecified atom stereocenters. The van der Waals surface area contributed by atoms with Gasteiger partial charge in [0.2, 0.25) is 5.88 Å². The molecule has 0 saturated heterocycles. The van der Waals surface area contributed by atoms with Gasteiger partial charge in [-0.1, -0.05) is 0 Å². The molecule has 0 fully saturated rings. The molecule has 1 aromatic rings. The summed E-state index contributed by atoms with van der Waals surface area (Å²) in [5.74, 6) is 0.213. The van der Waals surface area contributed by atoms with Crippen LogP contribution in [0.4, 0.5) is 13.2 Å². The van der Waals surface area contributed by atoms with E-state index in [0.29, 0.717) is 3.57 Å². The van der Waals surface area contributed by atoms with Gasteiger partial charge in [0, 0.05) is 6.20 Å². The van der Waals surface area contributed by atoms with Crippen molar-refractivity contribution in [2.45, 2.75) is 12.7 Å². The van der Waals surface area contributed by atoms with E-state index in [1.54, 1.807) is 0 Å². The van der Waals surface area contributed by atoms with Gasteiger partial charge in [-0.25, -0.2) is 0 Å². The minimum atomic E-state index is -4.25. The molecule has 74 valence electrons. The predicted molar refractivity (Wildman–Crippen MR) is 47.6 cm³/mol. The number of rotatable bonds is 2. The fraction of sp³-hybridized carbons (Fsp3) is 0.500. The third-order valence-electron chi connectivity index (χ3n) is 1.22. The Kier molecular flexibility index (Phi) is 3.04. The van der Waals surface area contributed by atoms with Crippen LogP contribution in [0.1, 0.15) is 0 Å². The second kappa shape index (κ2) is 3.72. The SMILES string of the molecule is COc1nn(CC(F)(F)F)cc1I. The first kappa shape index (κ1) is 10.6. The number of nitrogens with zero attached hydrogens (tertiary/aromatic N) is 2. The monoisotopic (exact) mass is 306 g/mol. The van der Waals surface area contributed by atoms with Crippen LogP contribution in [-0.4, -0.2) is 23.1 Å². The maximum Gasteiger partial charge on any atom is 0.408 e. The number of alkyl halides is 3. The van der Waals surface area contributed by atoms with Crippen LogP contribution in [0.2, 0.25) is 0 Å². The molecule has 0 aliphatic heterocycles. The van der Waals surface area contributed by atoms with Crippen LogP contribution in [-0.2, 0) is 6.54 Å². The Morgan fingerprint density at radius 3 is 2.62 bits per heavy atom. The lowest BCUT2D eigenvalue weighted by Gasteiger charge is -2.04. The van der Waals surface area contributed by atoms with Crippen LogP contribution in [0.25, 0.3) is 0 Å². The highest BCUT2D eigenvalue weighted by molar-refractivity contribution is 14.1. The van der Waals surface area contributed by atoms with Crippen molar-refractivity contribution in [1.82, 2.24) is 9.78 Å². The van der Waals surface area contributed by atoms with Gasteiger partial charge >= 0.3 is 6.18 Å². The maximum atomic E-state index is 11.9. The van der Waals surface area contributed by atoms with Crippen molar-refractivity contribution >= 4 is 22.6 Å².